The van der Waals surface area contributed by atoms with Crippen molar-refractivity contribution in [1.29, 1.82) is 0 Å². The smallest absolute Gasteiger partial charge is 0.251 e. The number of rotatable bonds is 7. The first-order valence-electron chi connectivity index (χ1n) is 9.67. The highest BCUT2D eigenvalue weighted by atomic mass is 35.5. The molecule has 2 aromatic carbocycles. The average Bonchev–Trinajstić information content (AvgIpc) is 2.72. The Hall–Kier alpha value is -2.24. The van der Waals surface area contributed by atoms with Gasteiger partial charge in [-0.1, -0.05) is 17.7 Å². The maximum Gasteiger partial charge on any atom is 0.251 e. The van der Waals surface area contributed by atoms with E-state index >= 15 is 0 Å². The molecule has 150 valence electrons. The highest BCUT2D eigenvalue weighted by Crippen LogP contribution is 2.26. The zero-order valence-corrected chi connectivity index (χ0v) is 17.2. The Morgan fingerprint density at radius 3 is 2.54 bits per heavy atom. The molecule has 0 aliphatic carbocycles. The third-order valence-corrected chi connectivity index (χ3v) is 5.29. The summed E-state index contributed by atoms with van der Waals surface area (Å²) in [6, 6.07) is 13.4. The van der Waals surface area contributed by atoms with Crippen LogP contribution in [0.4, 0.5) is 0 Å². The molecule has 2 aromatic rings. The molecule has 0 unspecified atom stereocenters. The lowest BCUT2D eigenvalue weighted by Crippen LogP contribution is -2.44. The van der Waals surface area contributed by atoms with Crippen molar-refractivity contribution in [2.75, 3.05) is 26.8 Å². The van der Waals surface area contributed by atoms with Crippen molar-refractivity contribution >= 4 is 17.5 Å². The van der Waals surface area contributed by atoms with Crippen LogP contribution < -0.4 is 14.8 Å². The Kier molecular flexibility index (Phi) is 7.18. The second-order valence-electron chi connectivity index (χ2n) is 6.95. The second kappa shape index (κ2) is 9.80. The molecule has 1 amide bonds. The summed E-state index contributed by atoms with van der Waals surface area (Å²) in [4.78, 5) is 14.8. The number of halogens is 1. The Bertz CT molecular complexity index is 787. The van der Waals surface area contributed by atoms with E-state index in [1.165, 1.54) is 5.56 Å². The van der Waals surface area contributed by atoms with Crippen LogP contribution in [0.3, 0.4) is 0 Å². The van der Waals surface area contributed by atoms with Gasteiger partial charge in [0.05, 0.1) is 18.7 Å². The van der Waals surface area contributed by atoms with Crippen LogP contribution in [0.1, 0.15) is 35.7 Å². The lowest BCUT2D eigenvalue weighted by atomic mass is 10.0. The summed E-state index contributed by atoms with van der Waals surface area (Å²) in [7, 11) is 1.62. The predicted molar refractivity (Wildman–Crippen MR) is 111 cm³/mol. The topological polar surface area (TPSA) is 50.8 Å². The van der Waals surface area contributed by atoms with E-state index in [9.17, 15) is 4.79 Å². The number of likely N-dealkylation sites (tertiary alicyclic amines) is 1. The first kappa shape index (κ1) is 20.5. The molecule has 1 N–H and O–H groups in total. The van der Waals surface area contributed by atoms with Crippen LogP contribution >= 0.6 is 11.6 Å². The van der Waals surface area contributed by atoms with Crippen LogP contribution in [-0.4, -0.2) is 43.7 Å². The standard InChI is InChI=1S/C22H27ClN2O3/c1-3-28-21-14-16(4-9-20(21)23)15-25-12-10-18(11-13-25)24-22(26)17-5-7-19(27-2)8-6-17/h4-9,14,18H,3,10-13,15H2,1-2H3,(H,24,26). The molecule has 1 aliphatic heterocycles. The van der Waals surface area contributed by atoms with Crippen molar-refractivity contribution in [3.63, 3.8) is 0 Å². The highest BCUT2D eigenvalue weighted by molar-refractivity contribution is 6.32. The molecule has 0 aromatic heterocycles. The number of ether oxygens (including phenoxy) is 2. The predicted octanol–water partition coefficient (Wildman–Crippen LogP) is 4.14. The largest absolute Gasteiger partial charge is 0.497 e. The number of amides is 1. The van der Waals surface area contributed by atoms with Crippen LogP contribution in [0.25, 0.3) is 0 Å². The Morgan fingerprint density at radius 1 is 1.18 bits per heavy atom. The van der Waals surface area contributed by atoms with Gasteiger partial charge in [0, 0.05) is 31.2 Å². The van der Waals surface area contributed by atoms with E-state index < -0.39 is 0 Å². The Morgan fingerprint density at radius 2 is 1.89 bits per heavy atom. The molecule has 1 heterocycles. The molecule has 0 radical (unpaired) electrons. The molecule has 6 heteroatoms. The fourth-order valence-corrected chi connectivity index (χ4v) is 3.59. The van der Waals surface area contributed by atoms with Crippen molar-refractivity contribution < 1.29 is 14.3 Å². The normalized spacial score (nSPS) is 15.2. The van der Waals surface area contributed by atoms with Crippen molar-refractivity contribution in [2.45, 2.75) is 32.4 Å². The number of piperidine rings is 1. The third-order valence-electron chi connectivity index (χ3n) is 4.98. The number of hydrogen-bond donors (Lipinski definition) is 1. The maximum absolute atomic E-state index is 12.4. The quantitative estimate of drug-likeness (QED) is 0.756. The van der Waals surface area contributed by atoms with Crippen molar-refractivity contribution in [2.24, 2.45) is 0 Å². The van der Waals surface area contributed by atoms with Gasteiger partial charge in [0.25, 0.3) is 5.91 Å². The third kappa shape index (κ3) is 5.40. The van der Waals surface area contributed by atoms with Crippen molar-refractivity contribution in [3.8, 4) is 11.5 Å². The summed E-state index contributed by atoms with van der Waals surface area (Å²) in [6.07, 6.45) is 1.88. The van der Waals surface area contributed by atoms with Crippen molar-refractivity contribution in [3.05, 3.63) is 58.6 Å². The number of nitrogens with zero attached hydrogens (tertiary/aromatic N) is 1. The summed E-state index contributed by atoms with van der Waals surface area (Å²) in [6.45, 7) is 5.30. The minimum absolute atomic E-state index is 0.0276. The molecular weight excluding hydrogens is 376 g/mol. The van der Waals surface area contributed by atoms with E-state index in [-0.39, 0.29) is 11.9 Å². The minimum atomic E-state index is -0.0276. The monoisotopic (exact) mass is 402 g/mol. The van der Waals surface area contributed by atoms with Gasteiger partial charge in [-0.3, -0.25) is 9.69 Å². The molecule has 1 saturated heterocycles. The minimum Gasteiger partial charge on any atom is -0.497 e. The average molecular weight is 403 g/mol. The number of carbonyl (C=O) groups excluding carboxylic acids is 1. The summed E-state index contributed by atoms with van der Waals surface area (Å²) >= 11 is 6.17. The molecule has 0 spiro atoms. The van der Waals surface area contributed by atoms with Crippen molar-refractivity contribution in [1.82, 2.24) is 10.2 Å². The number of methoxy groups -OCH3 is 1. The fourth-order valence-electron chi connectivity index (χ4n) is 3.42. The number of hydrogen-bond acceptors (Lipinski definition) is 4. The number of benzene rings is 2. The van der Waals surface area contributed by atoms with E-state index in [2.05, 4.69) is 10.2 Å². The highest BCUT2D eigenvalue weighted by Gasteiger charge is 2.21. The number of carbonyl (C=O) groups is 1. The van der Waals surface area contributed by atoms with Gasteiger partial charge in [0.2, 0.25) is 0 Å². The zero-order valence-electron chi connectivity index (χ0n) is 16.4. The lowest BCUT2D eigenvalue weighted by Gasteiger charge is -2.32. The summed E-state index contributed by atoms with van der Waals surface area (Å²) in [5.41, 5.74) is 1.85. The van der Waals surface area contributed by atoms with E-state index in [4.69, 9.17) is 21.1 Å². The summed E-state index contributed by atoms with van der Waals surface area (Å²) in [5, 5.41) is 3.79. The Labute approximate surface area is 171 Å². The van der Waals surface area contributed by atoms with E-state index in [0.717, 1.165) is 44.0 Å². The molecular formula is C22H27ClN2O3. The molecule has 1 fully saturated rings. The number of nitrogens with one attached hydrogen (secondary N) is 1. The van der Waals surface area contributed by atoms with Gasteiger partial charge in [-0.15, -0.1) is 0 Å². The molecule has 28 heavy (non-hydrogen) atoms. The molecule has 3 rings (SSSR count). The first-order chi connectivity index (χ1) is 13.6. The van der Waals surface area contributed by atoms with Crippen LogP contribution in [0.2, 0.25) is 5.02 Å². The van der Waals surface area contributed by atoms with E-state index in [1.807, 2.05) is 25.1 Å². The Balaban J connectivity index is 1.49. The van der Waals surface area contributed by atoms with Gasteiger partial charge < -0.3 is 14.8 Å². The molecule has 0 atom stereocenters. The van der Waals surface area contributed by atoms with Crippen LogP contribution in [0, 0.1) is 0 Å². The molecule has 1 aliphatic rings. The van der Waals surface area contributed by atoms with Gasteiger partial charge in [0.15, 0.2) is 0 Å². The lowest BCUT2D eigenvalue weighted by molar-refractivity contribution is 0.0909. The SMILES string of the molecule is CCOc1cc(CN2CCC(NC(=O)c3ccc(OC)cc3)CC2)ccc1Cl. The second-order valence-corrected chi connectivity index (χ2v) is 7.36. The van der Waals surface area contributed by atoms with Gasteiger partial charge in [-0.25, -0.2) is 0 Å². The fraction of sp³-hybridized carbons (Fsp3) is 0.409. The van der Waals surface area contributed by atoms with Gasteiger partial charge >= 0.3 is 0 Å². The molecule has 5 nitrogen and oxygen atoms in total. The molecule has 0 bridgehead atoms. The van der Waals surface area contributed by atoms with Crippen LogP contribution in [0.15, 0.2) is 42.5 Å². The summed E-state index contributed by atoms with van der Waals surface area (Å²) < 4.78 is 10.7. The summed E-state index contributed by atoms with van der Waals surface area (Å²) in [5.74, 6) is 1.46. The van der Waals surface area contributed by atoms with E-state index in [0.29, 0.717) is 17.2 Å². The maximum atomic E-state index is 12.4. The van der Waals surface area contributed by atoms with Gasteiger partial charge in [-0.2, -0.15) is 0 Å². The van der Waals surface area contributed by atoms with Crippen LogP contribution in [-0.2, 0) is 6.54 Å². The van der Waals surface area contributed by atoms with Gasteiger partial charge in [-0.05, 0) is 61.7 Å². The van der Waals surface area contributed by atoms with Gasteiger partial charge in [0.1, 0.15) is 11.5 Å². The van der Waals surface area contributed by atoms with E-state index in [1.54, 1.807) is 31.4 Å². The molecule has 0 saturated carbocycles. The van der Waals surface area contributed by atoms with Crippen LogP contribution in [0.5, 0.6) is 11.5 Å². The first-order valence-corrected chi connectivity index (χ1v) is 10.1. The zero-order chi connectivity index (χ0) is 19.9.